The average molecular weight is 447 g/mol. The zero-order valence-corrected chi connectivity index (χ0v) is 17.6. The van der Waals surface area contributed by atoms with Crippen molar-refractivity contribution in [3.63, 3.8) is 0 Å². The highest BCUT2D eigenvalue weighted by Crippen LogP contribution is 2.33. The Morgan fingerprint density at radius 3 is 2.59 bits per heavy atom. The number of aromatic nitrogens is 1. The summed E-state index contributed by atoms with van der Waals surface area (Å²) in [5.41, 5.74) is 1.61. The molecule has 0 aliphatic carbocycles. The van der Waals surface area contributed by atoms with Gasteiger partial charge in [0.2, 0.25) is 5.91 Å². The Hall–Kier alpha value is -3.78. The Morgan fingerprint density at radius 2 is 1.88 bits per heavy atom. The molecule has 2 aromatic carbocycles. The summed E-state index contributed by atoms with van der Waals surface area (Å²) in [7, 11) is 0. The molecule has 1 fully saturated rings. The van der Waals surface area contributed by atoms with Gasteiger partial charge >= 0.3 is 0 Å². The van der Waals surface area contributed by atoms with Crippen molar-refractivity contribution in [1.82, 2.24) is 15.4 Å². The second-order valence-corrected chi connectivity index (χ2v) is 8.41. The van der Waals surface area contributed by atoms with Crippen LogP contribution in [0.25, 0.3) is 11.3 Å². The van der Waals surface area contributed by atoms with Crippen LogP contribution in [0.2, 0.25) is 0 Å². The molecule has 0 saturated carbocycles. The van der Waals surface area contributed by atoms with Gasteiger partial charge in [0.05, 0.1) is 6.04 Å². The molecule has 32 heavy (non-hydrogen) atoms. The van der Waals surface area contributed by atoms with E-state index < -0.39 is 11.9 Å². The summed E-state index contributed by atoms with van der Waals surface area (Å²) in [6.45, 7) is 0.288. The number of thiophene rings is 1. The van der Waals surface area contributed by atoms with Crippen molar-refractivity contribution in [2.75, 3.05) is 6.54 Å². The fourth-order valence-corrected chi connectivity index (χ4v) is 4.65. The Labute approximate surface area is 187 Å². The first-order chi connectivity index (χ1) is 15.6. The van der Waals surface area contributed by atoms with Crippen molar-refractivity contribution in [2.24, 2.45) is 0 Å². The molecular formula is C24H18FN3O3S. The van der Waals surface area contributed by atoms with E-state index in [0.29, 0.717) is 11.3 Å². The number of benzene rings is 2. The van der Waals surface area contributed by atoms with Gasteiger partial charge in [-0.15, -0.1) is 11.3 Å². The number of carbonyl (C=O) groups excluding carboxylic acids is 2. The van der Waals surface area contributed by atoms with Crippen LogP contribution < -0.4 is 5.32 Å². The Kier molecular flexibility index (Phi) is 5.28. The lowest BCUT2D eigenvalue weighted by Gasteiger charge is -2.38. The molecule has 5 rings (SSSR count). The van der Waals surface area contributed by atoms with E-state index in [-0.39, 0.29) is 30.0 Å². The van der Waals surface area contributed by atoms with E-state index >= 15 is 0 Å². The molecule has 2 aromatic heterocycles. The van der Waals surface area contributed by atoms with Crippen LogP contribution in [-0.2, 0) is 4.79 Å². The summed E-state index contributed by atoms with van der Waals surface area (Å²) in [5, 5.41) is 8.85. The fraction of sp³-hybridized carbons (Fsp3) is 0.125. The Bertz CT molecular complexity index is 1240. The molecule has 160 valence electrons. The maximum absolute atomic E-state index is 13.5. The van der Waals surface area contributed by atoms with Gasteiger partial charge in [0.15, 0.2) is 11.5 Å². The second kappa shape index (κ2) is 8.39. The number of nitrogens with zero attached hydrogens (tertiary/aromatic N) is 2. The van der Waals surface area contributed by atoms with Crippen LogP contribution in [0.15, 0.2) is 82.7 Å². The van der Waals surface area contributed by atoms with Gasteiger partial charge in [-0.25, -0.2) is 4.39 Å². The first-order valence-corrected chi connectivity index (χ1v) is 10.9. The van der Waals surface area contributed by atoms with Crippen LogP contribution in [0.4, 0.5) is 4.39 Å². The third kappa shape index (κ3) is 3.80. The smallest absolute Gasteiger partial charge is 0.277 e. The summed E-state index contributed by atoms with van der Waals surface area (Å²) in [6, 6.07) is 19.4. The van der Waals surface area contributed by atoms with Crippen LogP contribution in [0.1, 0.15) is 33.0 Å². The number of carbonyl (C=O) groups is 2. The summed E-state index contributed by atoms with van der Waals surface area (Å²) in [6.07, 6.45) is 0. The lowest BCUT2D eigenvalue weighted by atomic mass is 10.00. The molecule has 4 aromatic rings. The van der Waals surface area contributed by atoms with Gasteiger partial charge in [-0.1, -0.05) is 41.6 Å². The predicted molar refractivity (Wildman–Crippen MR) is 117 cm³/mol. The highest BCUT2D eigenvalue weighted by Gasteiger charge is 2.40. The SMILES string of the molecule is O=C1NC(c2ccccc2)CN(C(=O)c2cc(-c3ccc(F)cc3)on2)C1c1cccs1. The standard InChI is InChI=1S/C24H18FN3O3S/c25-17-10-8-16(9-11-17)20-13-18(27-31-20)24(30)28-14-19(15-5-2-1-3-6-15)26-23(29)22(28)21-7-4-12-32-21/h1-13,19,22H,14H2,(H,26,29). The molecule has 3 heterocycles. The molecule has 2 amide bonds. The quantitative estimate of drug-likeness (QED) is 0.496. The zero-order valence-electron chi connectivity index (χ0n) is 16.8. The molecule has 1 saturated heterocycles. The maximum atomic E-state index is 13.5. The van der Waals surface area contributed by atoms with Gasteiger partial charge in [-0.05, 0) is 41.3 Å². The number of piperazine rings is 1. The highest BCUT2D eigenvalue weighted by atomic mass is 32.1. The molecule has 2 atom stereocenters. The molecular weight excluding hydrogens is 429 g/mol. The van der Waals surface area contributed by atoms with E-state index in [2.05, 4.69) is 10.5 Å². The monoisotopic (exact) mass is 447 g/mol. The van der Waals surface area contributed by atoms with Gasteiger partial charge in [-0.3, -0.25) is 9.59 Å². The molecule has 1 N–H and O–H groups in total. The van der Waals surface area contributed by atoms with Crippen molar-refractivity contribution in [1.29, 1.82) is 0 Å². The second-order valence-electron chi connectivity index (χ2n) is 7.43. The average Bonchev–Trinajstić information content (AvgIpc) is 3.52. The fourth-order valence-electron chi connectivity index (χ4n) is 3.82. The summed E-state index contributed by atoms with van der Waals surface area (Å²) < 4.78 is 18.6. The largest absolute Gasteiger partial charge is 0.355 e. The molecule has 0 spiro atoms. The van der Waals surface area contributed by atoms with E-state index in [0.717, 1.165) is 10.4 Å². The van der Waals surface area contributed by atoms with Crippen molar-refractivity contribution in [2.45, 2.75) is 12.1 Å². The molecule has 0 bridgehead atoms. The van der Waals surface area contributed by atoms with Crippen LogP contribution >= 0.6 is 11.3 Å². The summed E-state index contributed by atoms with van der Waals surface area (Å²) >= 11 is 1.42. The van der Waals surface area contributed by atoms with E-state index in [1.807, 2.05) is 47.8 Å². The molecule has 2 unspecified atom stereocenters. The normalized spacial score (nSPS) is 18.4. The molecule has 0 radical (unpaired) electrons. The number of nitrogens with one attached hydrogen (secondary N) is 1. The Balaban J connectivity index is 1.48. The van der Waals surface area contributed by atoms with Crippen molar-refractivity contribution < 1.29 is 18.5 Å². The maximum Gasteiger partial charge on any atom is 0.277 e. The van der Waals surface area contributed by atoms with E-state index in [1.165, 1.54) is 34.4 Å². The van der Waals surface area contributed by atoms with E-state index in [4.69, 9.17) is 4.52 Å². The van der Waals surface area contributed by atoms with Crippen LogP contribution in [0, 0.1) is 5.82 Å². The van der Waals surface area contributed by atoms with Crippen molar-refractivity contribution >= 4 is 23.2 Å². The third-order valence-corrected chi connectivity index (χ3v) is 6.31. The number of halogens is 1. The minimum atomic E-state index is -0.756. The van der Waals surface area contributed by atoms with Crippen LogP contribution in [0.5, 0.6) is 0 Å². The van der Waals surface area contributed by atoms with E-state index in [1.54, 1.807) is 12.1 Å². The zero-order chi connectivity index (χ0) is 22.1. The Morgan fingerprint density at radius 1 is 1.09 bits per heavy atom. The van der Waals surface area contributed by atoms with Gasteiger partial charge in [0.1, 0.15) is 11.9 Å². The minimum Gasteiger partial charge on any atom is -0.355 e. The molecule has 8 heteroatoms. The van der Waals surface area contributed by atoms with Crippen molar-refractivity contribution in [3.8, 4) is 11.3 Å². The van der Waals surface area contributed by atoms with Gasteiger partial charge < -0.3 is 14.7 Å². The third-order valence-electron chi connectivity index (χ3n) is 5.39. The van der Waals surface area contributed by atoms with Gasteiger partial charge in [0, 0.05) is 23.1 Å². The number of hydrogen-bond donors (Lipinski definition) is 1. The van der Waals surface area contributed by atoms with Gasteiger partial charge in [0.25, 0.3) is 5.91 Å². The van der Waals surface area contributed by atoms with Gasteiger partial charge in [-0.2, -0.15) is 0 Å². The number of amides is 2. The first kappa shape index (κ1) is 20.1. The minimum absolute atomic E-state index is 0.0902. The summed E-state index contributed by atoms with van der Waals surface area (Å²) in [5.74, 6) is -0.670. The van der Waals surface area contributed by atoms with Crippen LogP contribution in [0.3, 0.4) is 0 Å². The lowest BCUT2D eigenvalue weighted by molar-refractivity contribution is -0.129. The highest BCUT2D eigenvalue weighted by molar-refractivity contribution is 7.10. The van der Waals surface area contributed by atoms with Crippen LogP contribution in [-0.4, -0.2) is 28.4 Å². The molecule has 1 aliphatic heterocycles. The van der Waals surface area contributed by atoms with Crippen molar-refractivity contribution in [3.05, 3.63) is 100 Å². The summed E-state index contributed by atoms with van der Waals surface area (Å²) in [4.78, 5) is 28.9. The molecule has 1 aliphatic rings. The number of hydrogen-bond acceptors (Lipinski definition) is 5. The topological polar surface area (TPSA) is 75.4 Å². The first-order valence-electron chi connectivity index (χ1n) is 10.0. The number of rotatable bonds is 4. The van der Waals surface area contributed by atoms with E-state index in [9.17, 15) is 14.0 Å². The molecule has 6 nitrogen and oxygen atoms in total. The predicted octanol–water partition coefficient (Wildman–Crippen LogP) is 4.60. The lowest BCUT2D eigenvalue weighted by Crippen LogP contribution is -2.53.